The molecule has 0 radical (unpaired) electrons. The standard InChI is InChI=1S/C28H29N3O4/c1-2-3-4-5-6-7-9-20-11-12-23-21(16-20)13-15-31-24(23)17-26(30-28(31)32)33-18-22-19-34-27-25(35-22)10-8-14-29-27/h8,10-12,14,16-17,22H,2-6,13,15,18-19H2,1H3. The van der Waals surface area contributed by atoms with Crippen molar-refractivity contribution in [3.05, 3.63) is 64.2 Å². The summed E-state index contributed by atoms with van der Waals surface area (Å²) < 4.78 is 19.1. The van der Waals surface area contributed by atoms with Gasteiger partial charge >= 0.3 is 5.69 Å². The van der Waals surface area contributed by atoms with E-state index >= 15 is 0 Å². The van der Waals surface area contributed by atoms with Gasteiger partial charge in [-0.3, -0.25) is 4.57 Å². The van der Waals surface area contributed by atoms with Crippen molar-refractivity contribution in [2.24, 2.45) is 0 Å². The Morgan fingerprint density at radius 2 is 2.14 bits per heavy atom. The van der Waals surface area contributed by atoms with Crippen molar-refractivity contribution in [1.29, 1.82) is 0 Å². The lowest BCUT2D eigenvalue weighted by atomic mass is 9.95. The molecule has 0 N–H and O–H groups in total. The topological polar surface area (TPSA) is 75.5 Å². The third-order valence-electron chi connectivity index (χ3n) is 6.21. The fourth-order valence-corrected chi connectivity index (χ4v) is 4.38. The minimum Gasteiger partial charge on any atom is -0.478 e. The number of rotatable bonds is 7. The van der Waals surface area contributed by atoms with Crippen LogP contribution in [0.5, 0.6) is 17.5 Å². The van der Waals surface area contributed by atoms with Crippen LogP contribution in [0.3, 0.4) is 0 Å². The van der Waals surface area contributed by atoms with E-state index in [1.807, 2.05) is 18.2 Å². The molecule has 2 aliphatic rings. The van der Waals surface area contributed by atoms with Crippen molar-refractivity contribution in [3.63, 3.8) is 0 Å². The molecule has 5 rings (SSSR count). The first-order valence-electron chi connectivity index (χ1n) is 12.3. The lowest BCUT2D eigenvalue weighted by molar-refractivity contribution is 0.0486. The lowest BCUT2D eigenvalue weighted by Crippen LogP contribution is -2.35. The molecule has 0 saturated heterocycles. The molecule has 0 bridgehead atoms. The van der Waals surface area contributed by atoms with Gasteiger partial charge in [-0.05, 0) is 42.7 Å². The second kappa shape index (κ2) is 10.6. The van der Waals surface area contributed by atoms with Crippen LogP contribution in [0.15, 0.2) is 47.4 Å². The summed E-state index contributed by atoms with van der Waals surface area (Å²) in [7, 11) is 0. The number of unbranched alkanes of at least 4 members (excludes halogenated alkanes) is 4. The van der Waals surface area contributed by atoms with E-state index in [1.54, 1.807) is 22.9 Å². The Labute approximate surface area is 205 Å². The maximum atomic E-state index is 12.7. The van der Waals surface area contributed by atoms with Gasteiger partial charge in [0.15, 0.2) is 11.9 Å². The van der Waals surface area contributed by atoms with Crippen molar-refractivity contribution >= 4 is 0 Å². The largest absolute Gasteiger partial charge is 0.478 e. The molecule has 1 unspecified atom stereocenters. The highest BCUT2D eigenvalue weighted by Crippen LogP contribution is 2.31. The summed E-state index contributed by atoms with van der Waals surface area (Å²) >= 11 is 0. The summed E-state index contributed by atoms with van der Waals surface area (Å²) in [4.78, 5) is 21.0. The van der Waals surface area contributed by atoms with Crippen LogP contribution in [0.1, 0.15) is 50.2 Å². The van der Waals surface area contributed by atoms with E-state index in [9.17, 15) is 4.79 Å². The van der Waals surface area contributed by atoms with E-state index in [0.717, 1.165) is 36.1 Å². The zero-order valence-electron chi connectivity index (χ0n) is 20.0. The molecule has 7 nitrogen and oxygen atoms in total. The highest BCUT2D eigenvalue weighted by atomic mass is 16.6. The van der Waals surface area contributed by atoms with Crippen LogP contribution in [0.2, 0.25) is 0 Å². The number of aryl methyl sites for hydroxylation is 1. The molecule has 180 valence electrons. The molecule has 35 heavy (non-hydrogen) atoms. The van der Waals surface area contributed by atoms with E-state index in [0.29, 0.717) is 24.8 Å². The molecule has 2 aliphatic heterocycles. The molecule has 1 aromatic carbocycles. The minimum atomic E-state index is -0.317. The molecule has 3 aromatic rings. The number of benzene rings is 1. The number of nitrogens with zero attached hydrogens (tertiary/aromatic N) is 3. The van der Waals surface area contributed by atoms with E-state index in [4.69, 9.17) is 14.2 Å². The predicted molar refractivity (Wildman–Crippen MR) is 133 cm³/mol. The van der Waals surface area contributed by atoms with Gasteiger partial charge in [-0.2, -0.15) is 4.98 Å². The second-order valence-corrected chi connectivity index (χ2v) is 8.82. The van der Waals surface area contributed by atoms with E-state index in [2.05, 4.69) is 34.8 Å². The number of pyridine rings is 1. The van der Waals surface area contributed by atoms with Gasteiger partial charge in [0, 0.05) is 36.4 Å². The van der Waals surface area contributed by atoms with Gasteiger partial charge in [-0.1, -0.05) is 44.1 Å². The Morgan fingerprint density at radius 1 is 1.20 bits per heavy atom. The molecule has 1 atom stereocenters. The molecule has 0 aliphatic carbocycles. The summed E-state index contributed by atoms with van der Waals surface area (Å²) in [5.74, 6) is 7.94. The molecule has 2 aromatic heterocycles. The smallest absolute Gasteiger partial charge is 0.351 e. The molecular formula is C28H29N3O4. The zero-order valence-corrected chi connectivity index (χ0v) is 20.0. The van der Waals surface area contributed by atoms with Crippen LogP contribution >= 0.6 is 0 Å². The number of aromatic nitrogens is 3. The number of fused-ring (bicyclic) bond motifs is 4. The first kappa shape index (κ1) is 23.0. The fraction of sp³-hybridized carbons (Fsp3) is 0.393. The van der Waals surface area contributed by atoms with Gasteiger partial charge in [-0.15, -0.1) is 0 Å². The second-order valence-electron chi connectivity index (χ2n) is 8.82. The van der Waals surface area contributed by atoms with Crippen molar-refractivity contribution in [2.45, 2.75) is 58.1 Å². The normalized spacial score (nSPS) is 15.4. The highest BCUT2D eigenvalue weighted by molar-refractivity contribution is 5.67. The lowest BCUT2D eigenvalue weighted by Gasteiger charge is -2.25. The number of hydrogen-bond acceptors (Lipinski definition) is 6. The average molecular weight is 472 g/mol. The zero-order chi connectivity index (χ0) is 24.0. The predicted octanol–water partition coefficient (Wildman–Crippen LogP) is 4.40. The van der Waals surface area contributed by atoms with Crippen LogP contribution in [0.4, 0.5) is 0 Å². The SMILES string of the molecule is CCCCCCC#Cc1ccc2c(c1)CCn1c-2cc(OCC2COc3ncccc3O2)nc1=O. The molecule has 0 spiro atoms. The average Bonchev–Trinajstić information content (AvgIpc) is 2.89. The summed E-state index contributed by atoms with van der Waals surface area (Å²) in [5.41, 5.74) is 3.73. The van der Waals surface area contributed by atoms with E-state index < -0.39 is 0 Å². The Bertz CT molecular complexity index is 1320. The summed E-state index contributed by atoms with van der Waals surface area (Å²) in [5, 5.41) is 0. The van der Waals surface area contributed by atoms with Gasteiger partial charge < -0.3 is 14.2 Å². The number of ether oxygens (including phenoxy) is 3. The molecule has 7 heteroatoms. The monoisotopic (exact) mass is 471 g/mol. The Hall–Kier alpha value is -3.79. The highest BCUT2D eigenvalue weighted by Gasteiger charge is 2.24. The molecule has 0 fully saturated rings. The maximum Gasteiger partial charge on any atom is 0.351 e. The molecule has 0 saturated carbocycles. The first-order valence-corrected chi connectivity index (χ1v) is 12.3. The van der Waals surface area contributed by atoms with Crippen molar-refractivity contribution in [3.8, 4) is 40.6 Å². The summed E-state index contributed by atoms with van der Waals surface area (Å²) in [6, 6.07) is 11.6. The fourth-order valence-electron chi connectivity index (χ4n) is 4.38. The van der Waals surface area contributed by atoms with Crippen LogP contribution in [-0.4, -0.2) is 33.9 Å². The van der Waals surface area contributed by atoms with Crippen LogP contribution in [-0.2, 0) is 13.0 Å². The Kier molecular flexibility index (Phi) is 6.99. The quantitative estimate of drug-likeness (QED) is 0.376. The van der Waals surface area contributed by atoms with Crippen LogP contribution in [0.25, 0.3) is 11.3 Å². The van der Waals surface area contributed by atoms with Crippen LogP contribution in [0, 0.1) is 11.8 Å². The third-order valence-corrected chi connectivity index (χ3v) is 6.21. The van der Waals surface area contributed by atoms with Crippen molar-refractivity contribution < 1.29 is 14.2 Å². The van der Waals surface area contributed by atoms with Crippen LogP contribution < -0.4 is 19.9 Å². The maximum absolute atomic E-state index is 12.7. The summed E-state index contributed by atoms with van der Waals surface area (Å²) in [6.45, 7) is 3.34. The van der Waals surface area contributed by atoms with E-state index in [1.165, 1.54) is 24.8 Å². The molecule has 0 amide bonds. The molecular weight excluding hydrogens is 442 g/mol. The van der Waals surface area contributed by atoms with Gasteiger partial charge in [0.25, 0.3) is 5.88 Å². The van der Waals surface area contributed by atoms with Gasteiger partial charge in [0.1, 0.15) is 13.2 Å². The van der Waals surface area contributed by atoms with E-state index in [-0.39, 0.29) is 24.3 Å². The Morgan fingerprint density at radius 3 is 3.06 bits per heavy atom. The Balaban J connectivity index is 1.28. The number of hydrogen-bond donors (Lipinski definition) is 0. The third kappa shape index (κ3) is 5.32. The van der Waals surface area contributed by atoms with Gasteiger partial charge in [0.2, 0.25) is 5.88 Å². The minimum absolute atomic E-state index is 0.212. The molecule has 4 heterocycles. The van der Waals surface area contributed by atoms with Crippen molar-refractivity contribution in [2.75, 3.05) is 13.2 Å². The van der Waals surface area contributed by atoms with Gasteiger partial charge in [0.05, 0.1) is 5.69 Å². The van der Waals surface area contributed by atoms with Crippen molar-refractivity contribution in [1.82, 2.24) is 14.5 Å². The first-order chi connectivity index (χ1) is 17.2. The summed E-state index contributed by atoms with van der Waals surface area (Å²) in [6.07, 6.45) is 7.94. The van der Waals surface area contributed by atoms with Gasteiger partial charge in [-0.25, -0.2) is 9.78 Å².